The molecule has 0 spiro atoms. The second-order valence-electron chi connectivity index (χ2n) is 6.10. The molecule has 0 atom stereocenters. The lowest BCUT2D eigenvalue weighted by Crippen LogP contribution is -2.25. The van der Waals surface area contributed by atoms with Crippen LogP contribution in [-0.4, -0.2) is 25.9 Å². The molecule has 4 rings (SSSR count). The Morgan fingerprint density at radius 1 is 1.15 bits per heavy atom. The van der Waals surface area contributed by atoms with Crippen LogP contribution in [-0.2, 0) is 21.2 Å². The summed E-state index contributed by atoms with van der Waals surface area (Å²) in [7, 11) is -3.80. The van der Waals surface area contributed by atoms with Crippen molar-refractivity contribution < 1.29 is 13.2 Å². The van der Waals surface area contributed by atoms with Crippen molar-refractivity contribution in [2.24, 2.45) is 0 Å². The van der Waals surface area contributed by atoms with Crippen molar-refractivity contribution in [1.82, 2.24) is 4.98 Å². The lowest BCUT2D eigenvalue weighted by Gasteiger charge is -2.15. The molecule has 0 saturated heterocycles. The summed E-state index contributed by atoms with van der Waals surface area (Å²) >= 11 is 0. The normalized spacial score (nSPS) is 13.9. The smallest absolute Gasteiger partial charge is 0.264 e. The molecule has 7 heteroatoms. The van der Waals surface area contributed by atoms with Gasteiger partial charge in [-0.25, -0.2) is 8.42 Å². The lowest BCUT2D eigenvalue weighted by atomic mass is 10.1. The molecule has 1 aliphatic heterocycles. The van der Waals surface area contributed by atoms with E-state index in [1.54, 1.807) is 41.4 Å². The van der Waals surface area contributed by atoms with Crippen molar-refractivity contribution in [3.63, 3.8) is 0 Å². The van der Waals surface area contributed by atoms with Gasteiger partial charge in [0.15, 0.2) is 0 Å². The standard InChI is InChI=1S/C19H17N3O3S/c1-2-22-16-9-8-15(11-14(16)12-18(22)23)21-26(24,25)17-7-3-5-13-6-4-10-20-19(13)17/h3-11,21H,2,12H2,1H3. The van der Waals surface area contributed by atoms with Gasteiger partial charge in [-0.2, -0.15) is 0 Å². The van der Waals surface area contributed by atoms with Crippen molar-refractivity contribution in [3.8, 4) is 0 Å². The number of nitrogens with one attached hydrogen (secondary N) is 1. The van der Waals surface area contributed by atoms with E-state index < -0.39 is 10.0 Å². The number of benzene rings is 2. The second-order valence-corrected chi connectivity index (χ2v) is 7.75. The fraction of sp³-hybridized carbons (Fsp3) is 0.158. The van der Waals surface area contributed by atoms with Gasteiger partial charge in [-0.05, 0) is 42.8 Å². The Labute approximate surface area is 151 Å². The van der Waals surface area contributed by atoms with E-state index in [1.165, 1.54) is 6.07 Å². The molecule has 0 bridgehead atoms. The predicted octanol–water partition coefficient (Wildman–Crippen LogP) is 2.94. The zero-order valence-electron chi connectivity index (χ0n) is 14.1. The highest BCUT2D eigenvalue weighted by molar-refractivity contribution is 7.93. The minimum absolute atomic E-state index is 0.0285. The molecule has 0 radical (unpaired) electrons. The number of hydrogen-bond donors (Lipinski definition) is 1. The van der Waals surface area contributed by atoms with Gasteiger partial charge in [-0.1, -0.05) is 18.2 Å². The number of amides is 1. The highest BCUT2D eigenvalue weighted by Gasteiger charge is 2.26. The second kappa shape index (κ2) is 6.10. The number of likely N-dealkylation sites (N-methyl/N-ethyl adjacent to an activating group) is 1. The number of para-hydroxylation sites is 1. The number of rotatable bonds is 4. The Hall–Kier alpha value is -2.93. The molecular formula is C19H17N3O3S. The van der Waals surface area contributed by atoms with Gasteiger partial charge in [0.2, 0.25) is 5.91 Å². The highest BCUT2D eigenvalue weighted by atomic mass is 32.2. The first kappa shape index (κ1) is 16.5. The van der Waals surface area contributed by atoms with Gasteiger partial charge in [0.05, 0.1) is 11.9 Å². The van der Waals surface area contributed by atoms with Crippen LogP contribution >= 0.6 is 0 Å². The maximum absolute atomic E-state index is 12.9. The molecule has 26 heavy (non-hydrogen) atoms. The van der Waals surface area contributed by atoms with Gasteiger partial charge in [-0.3, -0.25) is 14.5 Å². The first-order chi connectivity index (χ1) is 12.5. The van der Waals surface area contributed by atoms with Crippen molar-refractivity contribution >= 4 is 38.2 Å². The summed E-state index contributed by atoms with van der Waals surface area (Å²) < 4.78 is 28.4. The molecule has 2 heterocycles. The summed E-state index contributed by atoms with van der Waals surface area (Å²) in [5.41, 5.74) is 2.53. The van der Waals surface area contributed by atoms with Crippen LogP contribution < -0.4 is 9.62 Å². The summed E-state index contributed by atoms with van der Waals surface area (Å²) in [6, 6.07) is 13.8. The number of nitrogens with zero attached hydrogens (tertiary/aromatic N) is 2. The Morgan fingerprint density at radius 3 is 2.77 bits per heavy atom. The summed E-state index contributed by atoms with van der Waals surface area (Å²) in [5.74, 6) is 0.0285. The van der Waals surface area contributed by atoms with Gasteiger partial charge in [0.1, 0.15) is 4.90 Å². The van der Waals surface area contributed by atoms with Crippen molar-refractivity contribution in [3.05, 3.63) is 60.3 Å². The number of aromatic nitrogens is 1. The van der Waals surface area contributed by atoms with Crippen LogP contribution in [0.1, 0.15) is 12.5 Å². The SMILES string of the molecule is CCN1C(=O)Cc2cc(NS(=O)(=O)c3cccc4cccnc34)ccc21. The molecule has 6 nitrogen and oxygen atoms in total. The van der Waals surface area contributed by atoms with Gasteiger partial charge in [-0.15, -0.1) is 0 Å². The van der Waals surface area contributed by atoms with Gasteiger partial charge in [0, 0.05) is 29.5 Å². The predicted molar refractivity (Wildman–Crippen MR) is 101 cm³/mol. The molecule has 1 aliphatic rings. The number of carbonyl (C=O) groups is 1. The van der Waals surface area contributed by atoms with Gasteiger partial charge in [0.25, 0.3) is 10.0 Å². The summed E-state index contributed by atoms with van der Waals surface area (Å²) in [6.45, 7) is 2.51. The number of carbonyl (C=O) groups excluding carboxylic acids is 1. The molecule has 1 aromatic heterocycles. The summed E-state index contributed by atoms with van der Waals surface area (Å²) in [5, 5.41) is 0.758. The minimum atomic E-state index is -3.80. The van der Waals surface area contributed by atoms with Crippen LogP contribution in [0.2, 0.25) is 0 Å². The molecule has 132 valence electrons. The van der Waals surface area contributed by atoms with Crippen molar-refractivity contribution in [2.75, 3.05) is 16.2 Å². The minimum Gasteiger partial charge on any atom is -0.312 e. The molecular weight excluding hydrogens is 350 g/mol. The number of anilines is 2. The fourth-order valence-corrected chi connectivity index (χ4v) is 4.53. The summed E-state index contributed by atoms with van der Waals surface area (Å²) in [6.07, 6.45) is 1.86. The molecule has 0 fully saturated rings. The van der Waals surface area contributed by atoms with Crippen molar-refractivity contribution in [1.29, 1.82) is 0 Å². The molecule has 3 aromatic rings. The number of fused-ring (bicyclic) bond motifs is 2. The van der Waals surface area contributed by atoms with Crippen LogP contribution in [0.3, 0.4) is 0 Å². The van der Waals surface area contributed by atoms with Crippen LogP contribution in [0.4, 0.5) is 11.4 Å². The molecule has 1 N–H and O–H groups in total. The number of sulfonamides is 1. The Bertz CT molecular complexity index is 1120. The third-order valence-corrected chi connectivity index (χ3v) is 5.88. The Balaban J connectivity index is 1.71. The van der Waals surface area contributed by atoms with E-state index in [0.29, 0.717) is 17.7 Å². The van der Waals surface area contributed by atoms with Crippen molar-refractivity contribution in [2.45, 2.75) is 18.2 Å². The van der Waals surface area contributed by atoms with E-state index >= 15 is 0 Å². The Kier molecular flexibility index (Phi) is 3.88. The number of pyridine rings is 1. The van der Waals surface area contributed by atoms with E-state index in [4.69, 9.17) is 0 Å². The maximum Gasteiger partial charge on any atom is 0.264 e. The first-order valence-corrected chi connectivity index (χ1v) is 9.78. The first-order valence-electron chi connectivity index (χ1n) is 8.29. The Morgan fingerprint density at radius 2 is 1.96 bits per heavy atom. The fourth-order valence-electron chi connectivity index (χ4n) is 3.30. The average Bonchev–Trinajstić information content (AvgIpc) is 2.95. The van der Waals surface area contributed by atoms with Gasteiger partial charge >= 0.3 is 0 Å². The zero-order chi connectivity index (χ0) is 18.3. The van der Waals surface area contributed by atoms with Gasteiger partial charge < -0.3 is 4.90 Å². The highest BCUT2D eigenvalue weighted by Crippen LogP contribution is 2.32. The van der Waals surface area contributed by atoms with E-state index in [1.807, 2.05) is 19.1 Å². The third-order valence-electron chi connectivity index (χ3n) is 4.47. The lowest BCUT2D eigenvalue weighted by molar-refractivity contribution is -0.117. The third kappa shape index (κ3) is 2.70. The molecule has 0 unspecified atom stereocenters. The largest absolute Gasteiger partial charge is 0.312 e. The van der Waals surface area contributed by atoms with Crippen LogP contribution in [0.25, 0.3) is 10.9 Å². The zero-order valence-corrected chi connectivity index (χ0v) is 15.0. The quantitative estimate of drug-likeness (QED) is 0.769. The molecule has 0 aliphatic carbocycles. The topological polar surface area (TPSA) is 79.4 Å². The molecule has 2 aromatic carbocycles. The summed E-state index contributed by atoms with van der Waals surface area (Å²) in [4.78, 5) is 18.0. The molecule has 1 amide bonds. The van der Waals surface area contributed by atoms with E-state index in [9.17, 15) is 13.2 Å². The van der Waals surface area contributed by atoms with Crippen LogP contribution in [0.5, 0.6) is 0 Å². The average molecular weight is 367 g/mol. The molecule has 0 saturated carbocycles. The monoisotopic (exact) mass is 367 g/mol. The van der Waals surface area contributed by atoms with Crippen LogP contribution in [0, 0.1) is 0 Å². The van der Waals surface area contributed by atoms with E-state index in [0.717, 1.165) is 16.6 Å². The number of hydrogen-bond acceptors (Lipinski definition) is 4. The van der Waals surface area contributed by atoms with E-state index in [2.05, 4.69) is 9.71 Å². The van der Waals surface area contributed by atoms with Crippen LogP contribution in [0.15, 0.2) is 59.6 Å². The maximum atomic E-state index is 12.9. The van der Waals surface area contributed by atoms with E-state index in [-0.39, 0.29) is 17.2 Å².